The van der Waals surface area contributed by atoms with E-state index in [-0.39, 0.29) is 29.6 Å². The lowest BCUT2D eigenvalue weighted by Gasteiger charge is -2.31. The molecule has 3 N–H and O–H groups in total. The Morgan fingerprint density at radius 2 is 1.86 bits per heavy atom. The van der Waals surface area contributed by atoms with E-state index in [0.717, 1.165) is 64.2 Å². The zero-order valence-electron chi connectivity index (χ0n) is 14.0. The number of halogens is 1. The number of guanidine groups is 1. The fourth-order valence-electron chi connectivity index (χ4n) is 3.18. The van der Waals surface area contributed by atoms with Crippen LogP contribution in [0.5, 0.6) is 0 Å². The standard InChI is InChI=1S/C16H31N3O2.HI/c1-3-17-14(18-12-15(2)8-7-11-21-15)19-13-16(20)9-5-4-6-10-16;/h20H,3-13H2,1-2H3,(H2,17,18,19);1H. The van der Waals surface area contributed by atoms with Crippen LogP contribution >= 0.6 is 24.0 Å². The minimum absolute atomic E-state index is 0. The van der Waals surface area contributed by atoms with Crippen LogP contribution < -0.4 is 10.6 Å². The molecule has 1 unspecified atom stereocenters. The predicted octanol–water partition coefficient (Wildman–Crippen LogP) is 2.42. The highest BCUT2D eigenvalue weighted by molar-refractivity contribution is 14.0. The van der Waals surface area contributed by atoms with Crippen molar-refractivity contribution < 1.29 is 9.84 Å². The number of rotatable bonds is 5. The van der Waals surface area contributed by atoms with Crippen LogP contribution in [0.2, 0.25) is 0 Å². The van der Waals surface area contributed by atoms with E-state index < -0.39 is 5.60 Å². The van der Waals surface area contributed by atoms with Gasteiger partial charge >= 0.3 is 0 Å². The summed E-state index contributed by atoms with van der Waals surface area (Å²) in [6, 6.07) is 0. The minimum atomic E-state index is -0.603. The highest BCUT2D eigenvalue weighted by atomic mass is 127. The molecular weight excluding hydrogens is 393 g/mol. The number of nitrogens with zero attached hydrogens (tertiary/aromatic N) is 1. The van der Waals surface area contributed by atoms with Gasteiger partial charge in [-0.1, -0.05) is 19.3 Å². The molecule has 1 saturated heterocycles. The van der Waals surface area contributed by atoms with Crippen LogP contribution in [-0.4, -0.2) is 48.5 Å². The van der Waals surface area contributed by atoms with E-state index in [1.165, 1.54) is 6.42 Å². The van der Waals surface area contributed by atoms with Crippen molar-refractivity contribution in [2.75, 3.05) is 26.2 Å². The van der Waals surface area contributed by atoms with Crippen molar-refractivity contribution in [3.05, 3.63) is 0 Å². The highest BCUT2D eigenvalue weighted by Gasteiger charge is 2.31. The van der Waals surface area contributed by atoms with Gasteiger partial charge in [-0.25, -0.2) is 0 Å². The number of hydrogen-bond acceptors (Lipinski definition) is 3. The molecule has 0 aromatic rings. The molecule has 2 rings (SSSR count). The van der Waals surface area contributed by atoms with Gasteiger partial charge in [-0.3, -0.25) is 4.99 Å². The van der Waals surface area contributed by atoms with Crippen LogP contribution in [0.15, 0.2) is 4.99 Å². The van der Waals surface area contributed by atoms with Gasteiger partial charge in [0.25, 0.3) is 0 Å². The van der Waals surface area contributed by atoms with Crippen LogP contribution in [0.25, 0.3) is 0 Å². The first-order valence-electron chi connectivity index (χ1n) is 8.44. The van der Waals surface area contributed by atoms with Crippen LogP contribution in [0.1, 0.15) is 58.8 Å². The van der Waals surface area contributed by atoms with Crippen molar-refractivity contribution in [2.24, 2.45) is 4.99 Å². The summed E-state index contributed by atoms with van der Waals surface area (Å²) in [5, 5.41) is 17.1. The summed E-state index contributed by atoms with van der Waals surface area (Å²) in [7, 11) is 0. The average Bonchev–Trinajstić information content (AvgIpc) is 2.90. The fourth-order valence-corrected chi connectivity index (χ4v) is 3.18. The minimum Gasteiger partial charge on any atom is -0.388 e. The van der Waals surface area contributed by atoms with E-state index in [4.69, 9.17) is 4.74 Å². The van der Waals surface area contributed by atoms with Gasteiger partial charge in [0.15, 0.2) is 5.96 Å². The van der Waals surface area contributed by atoms with E-state index in [1.54, 1.807) is 0 Å². The zero-order valence-corrected chi connectivity index (χ0v) is 16.3. The molecule has 0 amide bonds. The Hall–Kier alpha value is -0.0800. The van der Waals surface area contributed by atoms with E-state index in [9.17, 15) is 5.11 Å². The van der Waals surface area contributed by atoms with Gasteiger partial charge < -0.3 is 20.5 Å². The Balaban J connectivity index is 0.00000242. The second kappa shape index (κ2) is 9.27. The first-order chi connectivity index (χ1) is 10.1. The maximum atomic E-state index is 10.5. The molecule has 6 heteroatoms. The molecule has 1 aliphatic heterocycles. The molecule has 22 heavy (non-hydrogen) atoms. The number of aliphatic imine (C=N–C) groups is 1. The topological polar surface area (TPSA) is 65.9 Å². The summed E-state index contributed by atoms with van der Waals surface area (Å²) in [5.74, 6) is 0.785. The molecule has 1 aliphatic carbocycles. The maximum Gasteiger partial charge on any atom is 0.191 e. The summed E-state index contributed by atoms with van der Waals surface area (Å²) in [6.45, 7) is 7.12. The van der Waals surface area contributed by atoms with Gasteiger partial charge in [0.05, 0.1) is 17.7 Å². The number of hydrogen-bond donors (Lipinski definition) is 3. The highest BCUT2D eigenvalue weighted by Crippen LogP contribution is 2.28. The average molecular weight is 425 g/mol. The lowest BCUT2D eigenvalue weighted by molar-refractivity contribution is 0.0129. The third kappa shape index (κ3) is 6.20. The quantitative estimate of drug-likeness (QED) is 0.360. The molecule has 0 bridgehead atoms. The summed E-state index contributed by atoms with van der Waals surface area (Å²) in [6.07, 6.45) is 7.42. The lowest BCUT2D eigenvalue weighted by atomic mass is 9.85. The smallest absolute Gasteiger partial charge is 0.191 e. The molecule has 2 fully saturated rings. The Kier molecular flexibility index (Phi) is 8.42. The molecule has 0 aromatic carbocycles. The molecule has 1 saturated carbocycles. The third-order valence-corrected chi connectivity index (χ3v) is 4.59. The van der Waals surface area contributed by atoms with Crippen molar-refractivity contribution in [3.63, 3.8) is 0 Å². The van der Waals surface area contributed by atoms with Gasteiger partial charge in [-0.15, -0.1) is 24.0 Å². The van der Waals surface area contributed by atoms with Crippen molar-refractivity contribution in [1.82, 2.24) is 10.6 Å². The van der Waals surface area contributed by atoms with E-state index >= 15 is 0 Å². The Morgan fingerprint density at radius 1 is 1.14 bits per heavy atom. The molecular formula is C16H32IN3O2. The zero-order chi connectivity index (χ0) is 15.2. The third-order valence-electron chi connectivity index (χ3n) is 4.59. The Labute approximate surface area is 151 Å². The van der Waals surface area contributed by atoms with Crippen LogP contribution in [0, 0.1) is 0 Å². The lowest BCUT2D eigenvalue weighted by Crippen LogP contribution is -2.46. The Bertz CT molecular complexity index is 351. The normalized spacial score (nSPS) is 28.0. The van der Waals surface area contributed by atoms with Gasteiger partial charge in [0.1, 0.15) is 0 Å². The largest absolute Gasteiger partial charge is 0.388 e. The Morgan fingerprint density at radius 3 is 2.45 bits per heavy atom. The van der Waals surface area contributed by atoms with Crippen molar-refractivity contribution in [3.8, 4) is 0 Å². The van der Waals surface area contributed by atoms with Crippen molar-refractivity contribution in [2.45, 2.75) is 70.0 Å². The van der Waals surface area contributed by atoms with Crippen LogP contribution in [0.3, 0.4) is 0 Å². The molecule has 0 aromatic heterocycles. The second-order valence-electron chi connectivity index (χ2n) is 6.74. The molecule has 1 atom stereocenters. The number of aliphatic hydroxyl groups is 1. The van der Waals surface area contributed by atoms with E-state index in [1.807, 2.05) is 0 Å². The van der Waals surface area contributed by atoms with Crippen LogP contribution in [-0.2, 0) is 4.74 Å². The first-order valence-corrected chi connectivity index (χ1v) is 8.44. The second-order valence-corrected chi connectivity index (χ2v) is 6.74. The first kappa shape index (κ1) is 20.0. The van der Waals surface area contributed by atoms with Crippen molar-refractivity contribution in [1.29, 1.82) is 0 Å². The number of nitrogens with one attached hydrogen (secondary N) is 2. The van der Waals surface area contributed by atoms with Gasteiger partial charge in [-0.2, -0.15) is 0 Å². The van der Waals surface area contributed by atoms with E-state index in [0.29, 0.717) is 6.54 Å². The maximum absolute atomic E-state index is 10.5. The van der Waals surface area contributed by atoms with Gasteiger partial charge in [0.2, 0.25) is 0 Å². The van der Waals surface area contributed by atoms with Gasteiger partial charge in [0, 0.05) is 19.7 Å². The van der Waals surface area contributed by atoms with Gasteiger partial charge in [-0.05, 0) is 39.5 Å². The fraction of sp³-hybridized carbons (Fsp3) is 0.938. The summed E-state index contributed by atoms with van der Waals surface area (Å²) in [4.78, 5) is 4.59. The predicted molar refractivity (Wildman–Crippen MR) is 101 cm³/mol. The SMILES string of the molecule is CCNC(=NCC1(O)CCCCC1)NCC1(C)CCCO1.I. The molecule has 5 nitrogen and oxygen atoms in total. The molecule has 1 heterocycles. The van der Waals surface area contributed by atoms with Crippen molar-refractivity contribution >= 4 is 29.9 Å². The van der Waals surface area contributed by atoms with Crippen LogP contribution in [0.4, 0.5) is 0 Å². The molecule has 0 spiro atoms. The monoisotopic (exact) mass is 425 g/mol. The van der Waals surface area contributed by atoms with E-state index in [2.05, 4.69) is 29.5 Å². The molecule has 130 valence electrons. The summed E-state index contributed by atoms with van der Waals surface area (Å²) >= 11 is 0. The molecule has 0 radical (unpaired) electrons. The number of ether oxygens (including phenoxy) is 1. The molecule has 2 aliphatic rings. The summed E-state index contributed by atoms with van der Waals surface area (Å²) < 4.78 is 5.79. The summed E-state index contributed by atoms with van der Waals surface area (Å²) in [5.41, 5.74) is -0.688.